The van der Waals surface area contributed by atoms with Gasteiger partial charge in [0.1, 0.15) is 5.75 Å². The number of carbonyl (C=O) groups excluding carboxylic acids is 2. The summed E-state index contributed by atoms with van der Waals surface area (Å²) >= 11 is 0. The van der Waals surface area contributed by atoms with E-state index in [9.17, 15) is 9.59 Å². The smallest absolute Gasteiger partial charge is 0.410 e. The van der Waals surface area contributed by atoms with E-state index in [4.69, 9.17) is 4.74 Å². The summed E-state index contributed by atoms with van der Waals surface area (Å²) in [5, 5.41) is 0. The molecule has 15 heavy (non-hydrogen) atoms. The molecule has 1 aliphatic rings. The molecule has 0 aromatic heterocycles. The molecule has 0 spiro atoms. The maximum absolute atomic E-state index is 11.5. The van der Waals surface area contributed by atoms with Crippen LogP contribution in [0.1, 0.15) is 12.8 Å². The molecule has 0 unspecified atom stereocenters. The zero-order chi connectivity index (χ0) is 10.7. The fourth-order valence-electron chi connectivity index (χ4n) is 1.49. The molecule has 1 aromatic rings. The molecule has 4 nitrogen and oxygen atoms in total. The van der Waals surface area contributed by atoms with Gasteiger partial charge in [0.05, 0.1) is 0 Å². The predicted molar refractivity (Wildman–Crippen MR) is 53.4 cm³/mol. The number of imide groups is 1. The number of ether oxygens (including phenoxy) is 1. The van der Waals surface area contributed by atoms with Crippen LogP contribution in [0.25, 0.3) is 0 Å². The standard InChI is InChI=1S/C11H11NO3/c13-10-7-4-8-12(10)11(14)15-9-5-2-1-3-6-9/h1-3,5-6H,4,7-8H2. The molecule has 1 aliphatic heterocycles. The summed E-state index contributed by atoms with van der Waals surface area (Å²) in [6, 6.07) is 8.73. The normalized spacial score (nSPS) is 15.5. The summed E-state index contributed by atoms with van der Waals surface area (Å²) in [5.74, 6) is 0.304. The van der Waals surface area contributed by atoms with Crippen LogP contribution >= 0.6 is 0 Å². The van der Waals surface area contributed by atoms with Gasteiger partial charge < -0.3 is 4.74 Å². The van der Waals surface area contributed by atoms with E-state index in [2.05, 4.69) is 0 Å². The SMILES string of the molecule is O=C1CCCN1C(=O)Oc1ccccc1. The lowest BCUT2D eigenvalue weighted by Crippen LogP contribution is -2.34. The lowest BCUT2D eigenvalue weighted by molar-refractivity contribution is -0.125. The predicted octanol–water partition coefficient (Wildman–Crippen LogP) is 1.81. The summed E-state index contributed by atoms with van der Waals surface area (Å²) in [6.07, 6.45) is 0.579. The summed E-state index contributed by atoms with van der Waals surface area (Å²) < 4.78 is 5.03. The lowest BCUT2D eigenvalue weighted by atomic mass is 10.3. The van der Waals surface area contributed by atoms with Gasteiger partial charge in [-0.3, -0.25) is 4.79 Å². The topological polar surface area (TPSA) is 46.6 Å². The number of rotatable bonds is 1. The number of amides is 2. The van der Waals surface area contributed by atoms with Crippen LogP contribution in [0.2, 0.25) is 0 Å². The molecule has 2 rings (SSSR count). The molecule has 1 saturated heterocycles. The summed E-state index contributed by atoms with van der Waals surface area (Å²) in [5.41, 5.74) is 0. The molecule has 0 radical (unpaired) electrons. The van der Waals surface area contributed by atoms with E-state index in [0.29, 0.717) is 18.7 Å². The fourth-order valence-corrected chi connectivity index (χ4v) is 1.49. The Hall–Kier alpha value is -1.84. The Kier molecular flexibility index (Phi) is 2.67. The molecule has 0 aliphatic carbocycles. The first-order chi connectivity index (χ1) is 7.27. The van der Waals surface area contributed by atoms with E-state index in [0.717, 1.165) is 11.3 Å². The highest BCUT2D eigenvalue weighted by Gasteiger charge is 2.27. The number of likely N-dealkylation sites (tertiary alicyclic amines) is 1. The van der Waals surface area contributed by atoms with Crippen LogP contribution in [0, 0.1) is 0 Å². The maximum atomic E-state index is 11.5. The molecule has 0 N–H and O–H groups in total. The van der Waals surface area contributed by atoms with Crippen molar-refractivity contribution in [3.8, 4) is 5.75 Å². The van der Waals surface area contributed by atoms with E-state index in [1.807, 2.05) is 6.07 Å². The summed E-state index contributed by atoms with van der Waals surface area (Å²) in [7, 11) is 0. The quantitative estimate of drug-likeness (QED) is 0.702. The van der Waals surface area contributed by atoms with E-state index in [1.165, 1.54) is 0 Å². The fraction of sp³-hybridized carbons (Fsp3) is 0.273. The minimum atomic E-state index is -0.580. The monoisotopic (exact) mass is 205 g/mol. The average molecular weight is 205 g/mol. The van der Waals surface area contributed by atoms with Crippen LogP contribution in [0.5, 0.6) is 5.75 Å². The van der Waals surface area contributed by atoms with Gasteiger partial charge in [0.15, 0.2) is 0 Å². The second-order valence-corrected chi connectivity index (χ2v) is 3.33. The molecule has 4 heteroatoms. The van der Waals surface area contributed by atoms with Crippen molar-refractivity contribution in [2.75, 3.05) is 6.54 Å². The molecule has 78 valence electrons. The van der Waals surface area contributed by atoms with Gasteiger partial charge in [-0.1, -0.05) is 18.2 Å². The number of hydrogen-bond donors (Lipinski definition) is 0. The van der Waals surface area contributed by atoms with Crippen LogP contribution in [0.4, 0.5) is 4.79 Å². The molecular weight excluding hydrogens is 194 g/mol. The van der Waals surface area contributed by atoms with Crippen molar-refractivity contribution in [1.29, 1.82) is 0 Å². The van der Waals surface area contributed by atoms with Crippen molar-refractivity contribution in [2.24, 2.45) is 0 Å². The van der Waals surface area contributed by atoms with Crippen LogP contribution in [-0.2, 0) is 4.79 Å². The summed E-state index contributed by atoms with van der Waals surface area (Å²) in [6.45, 7) is 0.463. The molecule has 0 atom stereocenters. The van der Waals surface area contributed by atoms with Crippen LogP contribution < -0.4 is 4.74 Å². The van der Waals surface area contributed by atoms with Crippen molar-refractivity contribution >= 4 is 12.0 Å². The molecule has 0 bridgehead atoms. The molecule has 1 aromatic carbocycles. The first-order valence-electron chi connectivity index (χ1n) is 4.84. The largest absolute Gasteiger partial charge is 0.421 e. The Morgan fingerprint density at radius 2 is 2.00 bits per heavy atom. The zero-order valence-electron chi connectivity index (χ0n) is 8.18. The van der Waals surface area contributed by atoms with Gasteiger partial charge in [-0.2, -0.15) is 0 Å². The Labute approximate surface area is 87.4 Å². The number of nitrogens with zero attached hydrogens (tertiary/aromatic N) is 1. The van der Waals surface area contributed by atoms with Gasteiger partial charge in [0.25, 0.3) is 0 Å². The van der Waals surface area contributed by atoms with Crippen LogP contribution in [0.3, 0.4) is 0 Å². The maximum Gasteiger partial charge on any atom is 0.421 e. The third kappa shape index (κ3) is 2.15. The van der Waals surface area contributed by atoms with Gasteiger partial charge in [-0.05, 0) is 18.6 Å². The van der Waals surface area contributed by atoms with Gasteiger partial charge in [-0.25, -0.2) is 9.69 Å². The van der Waals surface area contributed by atoms with Gasteiger partial charge in [-0.15, -0.1) is 0 Å². The number of carbonyl (C=O) groups is 2. The van der Waals surface area contributed by atoms with Crippen molar-refractivity contribution < 1.29 is 14.3 Å². The Bertz CT molecular complexity index is 375. The van der Waals surface area contributed by atoms with Gasteiger partial charge >= 0.3 is 6.09 Å². The molecule has 1 heterocycles. The second kappa shape index (κ2) is 4.13. The van der Waals surface area contributed by atoms with E-state index < -0.39 is 6.09 Å². The van der Waals surface area contributed by atoms with Crippen molar-refractivity contribution in [1.82, 2.24) is 4.90 Å². The summed E-state index contributed by atoms with van der Waals surface area (Å²) in [4.78, 5) is 23.9. The highest BCUT2D eigenvalue weighted by atomic mass is 16.6. The van der Waals surface area contributed by atoms with Crippen molar-refractivity contribution in [3.63, 3.8) is 0 Å². The Morgan fingerprint density at radius 1 is 1.27 bits per heavy atom. The third-order valence-electron chi connectivity index (χ3n) is 2.24. The van der Waals surface area contributed by atoms with Crippen molar-refractivity contribution in [3.05, 3.63) is 30.3 Å². The zero-order valence-corrected chi connectivity index (χ0v) is 8.18. The van der Waals surface area contributed by atoms with Crippen LogP contribution in [0.15, 0.2) is 30.3 Å². The Morgan fingerprint density at radius 3 is 2.60 bits per heavy atom. The first kappa shape index (κ1) is 9.71. The van der Waals surface area contributed by atoms with E-state index in [1.54, 1.807) is 24.3 Å². The minimum absolute atomic E-state index is 0.157. The number of para-hydroxylation sites is 1. The first-order valence-corrected chi connectivity index (χ1v) is 4.84. The van der Waals surface area contributed by atoms with E-state index >= 15 is 0 Å². The van der Waals surface area contributed by atoms with Crippen LogP contribution in [-0.4, -0.2) is 23.4 Å². The highest BCUT2D eigenvalue weighted by molar-refractivity contribution is 5.94. The van der Waals surface area contributed by atoms with E-state index in [-0.39, 0.29) is 5.91 Å². The minimum Gasteiger partial charge on any atom is -0.410 e. The van der Waals surface area contributed by atoms with Crippen molar-refractivity contribution in [2.45, 2.75) is 12.8 Å². The number of benzene rings is 1. The molecule has 1 fully saturated rings. The molecule has 0 saturated carbocycles. The van der Waals surface area contributed by atoms with Gasteiger partial charge in [0, 0.05) is 13.0 Å². The average Bonchev–Trinajstić information content (AvgIpc) is 2.66. The Balaban J connectivity index is 2.01. The van der Waals surface area contributed by atoms with Gasteiger partial charge in [0.2, 0.25) is 5.91 Å². The highest BCUT2D eigenvalue weighted by Crippen LogP contribution is 2.14. The number of hydrogen-bond acceptors (Lipinski definition) is 3. The third-order valence-corrected chi connectivity index (χ3v) is 2.24. The molecule has 2 amide bonds. The lowest BCUT2D eigenvalue weighted by Gasteiger charge is -2.12. The second-order valence-electron chi connectivity index (χ2n) is 3.33. The molecular formula is C11H11NO3.